The standard InChI is InChI=1S/C7H6N2/c1-2-4-6-5(3-1)7-8-9(6)7/h1-4,7-8H/t7-,9?/m1/s1. The van der Waals surface area contributed by atoms with E-state index in [-0.39, 0.29) is 0 Å². The van der Waals surface area contributed by atoms with Gasteiger partial charge in [-0.05, 0) is 6.07 Å². The predicted molar refractivity (Wildman–Crippen MR) is 34.8 cm³/mol. The zero-order chi connectivity index (χ0) is 5.84. The largest absolute Gasteiger partial charge is 0.282 e. The first-order valence-electron chi connectivity index (χ1n) is 3.11. The number of rotatable bonds is 0. The molecule has 3 rings (SSSR count). The summed E-state index contributed by atoms with van der Waals surface area (Å²) in [6.45, 7) is 0. The number of nitrogens with zero attached hydrogens (tertiary/aromatic N) is 1. The van der Waals surface area contributed by atoms with Gasteiger partial charge in [0.25, 0.3) is 0 Å². The number of nitrogens with one attached hydrogen (secondary N) is 1. The zero-order valence-electron chi connectivity index (χ0n) is 4.83. The maximum Gasteiger partial charge on any atom is 0.139 e. The topological polar surface area (TPSA) is 25.0 Å². The van der Waals surface area contributed by atoms with Crippen molar-refractivity contribution in [1.29, 1.82) is 0 Å². The first-order valence-corrected chi connectivity index (χ1v) is 3.11. The van der Waals surface area contributed by atoms with Crippen molar-refractivity contribution in [3.8, 4) is 0 Å². The third kappa shape index (κ3) is 0.301. The van der Waals surface area contributed by atoms with Gasteiger partial charge in [-0.3, -0.25) is 5.01 Å². The highest BCUT2D eigenvalue weighted by atomic mass is 15.8. The molecule has 9 heavy (non-hydrogen) atoms. The summed E-state index contributed by atoms with van der Waals surface area (Å²) in [6, 6.07) is 8.44. The molecule has 2 heteroatoms. The van der Waals surface area contributed by atoms with Gasteiger partial charge >= 0.3 is 0 Å². The Labute approximate surface area is 53.1 Å². The van der Waals surface area contributed by atoms with Crippen molar-refractivity contribution >= 4 is 5.69 Å². The van der Waals surface area contributed by atoms with E-state index in [0.717, 1.165) is 0 Å². The van der Waals surface area contributed by atoms with Crippen molar-refractivity contribution in [2.24, 2.45) is 0 Å². The van der Waals surface area contributed by atoms with Crippen molar-refractivity contribution in [3.05, 3.63) is 29.8 Å². The van der Waals surface area contributed by atoms with Crippen molar-refractivity contribution in [2.75, 3.05) is 5.01 Å². The Morgan fingerprint density at radius 2 is 2.22 bits per heavy atom. The van der Waals surface area contributed by atoms with Crippen molar-refractivity contribution < 1.29 is 0 Å². The van der Waals surface area contributed by atoms with Crippen LogP contribution in [0.1, 0.15) is 11.7 Å². The molecule has 2 heterocycles. The van der Waals surface area contributed by atoms with E-state index < -0.39 is 0 Å². The van der Waals surface area contributed by atoms with E-state index in [9.17, 15) is 0 Å². The van der Waals surface area contributed by atoms with Crippen LogP contribution in [0.4, 0.5) is 5.69 Å². The minimum Gasteiger partial charge on any atom is -0.282 e. The van der Waals surface area contributed by atoms with E-state index >= 15 is 0 Å². The molecule has 0 radical (unpaired) electrons. The zero-order valence-corrected chi connectivity index (χ0v) is 4.83. The van der Waals surface area contributed by atoms with Crippen LogP contribution in [0.2, 0.25) is 0 Å². The van der Waals surface area contributed by atoms with Gasteiger partial charge in [-0.1, -0.05) is 18.2 Å². The first kappa shape index (κ1) is 3.90. The van der Waals surface area contributed by atoms with Gasteiger partial charge in [0, 0.05) is 5.56 Å². The lowest BCUT2D eigenvalue weighted by Crippen LogP contribution is -2.07. The summed E-state index contributed by atoms with van der Waals surface area (Å²) in [6.07, 6.45) is 0.571. The van der Waals surface area contributed by atoms with Crippen LogP contribution in [-0.2, 0) is 0 Å². The molecule has 0 unspecified atom stereocenters. The van der Waals surface area contributed by atoms with E-state index in [0.29, 0.717) is 6.17 Å². The molecule has 0 bridgehead atoms. The minimum absolute atomic E-state index is 0.571. The SMILES string of the molecule is c1ccc2c(c1)[C@@H]1NN21. The second kappa shape index (κ2) is 0.977. The molecule has 44 valence electrons. The molecule has 1 aromatic rings. The summed E-state index contributed by atoms with van der Waals surface area (Å²) < 4.78 is 0. The lowest BCUT2D eigenvalue weighted by molar-refractivity contribution is 1.02. The monoisotopic (exact) mass is 118 g/mol. The van der Waals surface area contributed by atoms with Crippen LogP contribution in [0.25, 0.3) is 0 Å². The maximum atomic E-state index is 3.20. The van der Waals surface area contributed by atoms with E-state index in [1.807, 2.05) is 0 Å². The van der Waals surface area contributed by atoms with Gasteiger partial charge in [-0.2, -0.15) is 0 Å². The number of anilines is 1. The fourth-order valence-corrected chi connectivity index (χ4v) is 1.39. The molecule has 1 fully saturated rings. The molecule has 0 amide bonds. The van der Waals surface area contributed by atoms with Crippen LogP contribution >= 0.6 is 0 Å². The fraction of sp³-hybridized carbons (Fsp3) is 0.143. The van der Waals surface area contributed by atoms with Crippen molar-refractivity contribution in [1.82, 2.24) is 5.43 Å². The number of hydrogen-bond donors (Lipinski definition) is 1. The third-order valence-corrected chi connectivity index (χ3v) is 1.94. The van der Waals surface area contributed by atoms with Crippen LogP contribution in [0.3, 0.4) is 0 Å². The third-order valence-electron chi connectivity index (χ3n) is 1.94. The Bertz CT molecular complexity index is 242. The minimum atomic E-state index is 0.571. The van der Waals surface area contributed by atoms with Crippen LogP contribution in [0.5, 0.6) is 0 Å². The normalized spacial score (nSPS) is 26.2. The first-order chi connectivity index (χ1) is 4.47. The smallest absolute Gasteiger partial charge is 0.139 e. The van der Waals surface area contributed by atoms with E-state index in [1.54, 1.807) is 0 Å². The van der Waals surface area contributed by atoms with Crippen LogP contribution in [-0.4, -0.2) is 0 Å². The van der Waals surface area contributed by atoms with Crippen LogP contribution in [0.15, 0.2) is 24.3 Å². The van der Waals surface area contributed by atoms with Crippen LogP contribution < -0.4 is 10.4 Å². The maximum absolute atomic E-state index is 3.20. The van der Waals surface area contributed by atoms with Gasteiger partial charge in [-0.15, -0.1) is 0 Å². The summed E-state index contributed by atoms with van der Waals surface area (Å²) >= 11 is 0. The molecule has 0 spiro atoms. The highest BCUT2D eigenvalue weighted by Crippen LogP contribution is 2.48. The quantitative estimate of drug-likeness (QED) is 0.514. The van der Waals surface area contributed by atoms with Crippen molar-refractivity contribution in [3.63, 3.8) is 0 Å². The van der Waals surface area contributed by atoms with Gasteiger partial charge in [0.05, 0.1) is 5.69 Å². The Balaban J connectivity index is 2.31. The van der Waals surface area contributed by atoms with E-state index in [2.05, 4.69) is 34.7 Å². The number of para-hydroxylation sites is 1. The molecular formula is C7H6N2. The average Bonchev–Trinajstić information content (AvgIpc) is 2.58. The lowest BCUT2D eigenvalue weighted by Gasteiger charge is -2.15. The van der Waals surface area contributed by atoms with Gasteiger partial charge < -0.3 is 0 Å². The number of fused-ring (bicyclic) bond motifs is 4. The van der Waals surface area contributed by atoms with Crippen LogP contribution in [0, 0.1) is 0 Å². The number of hydrogen-bond acceptors (Lipinski definition) is 2. The Morgan fingerprint density at radius 3 is 3.11 bits per heavy atom. The van der Waals surface area contributed by atoms with Gasteiger partial charge in [0.1, 0.15) is 6.17 Å². The molecule has 1 atom stereocenters. The van der Waals surface area contributed by atoms with Gasteiger partial charge in [0.2, 0.25) is 0 Å². The number of benzene rings is 1. The summed E-state index contributed by atoms with van der Waals surface area (Å²) in [5.41, 5.74) is 6.00. The molecular weight excluding hydrogens is 112 g/mol. The predicted octanol–water partition coefficient (Wildman–Crippen LogP) is 1.02. The fourth-order valence-electron chi connectivity index (χ4n) is 1.39. The Hall–Kier alpha value is -1.02. The summed E-state index contributed by atoms with van der Waals surface area (Å²) in [7, 11) is 0. The lowest BCUT2D eigenvalue weighted by atomic mass is 10.1. The molecule has 0 aliphatic carbocycles. The molecule has 1 aromatic carbocycles. The van der Waals surface area contributed by atoms with Gasteiger partial charge in [0.15, 0.2) is 0 Å². The molecule has 1 N–H and O–H groups in total. The molecule has 1 saturated heterocycles. The van der Waals surface area contributed by atoms with Gasteiger partial charge in [-0.25, -0.2) is 5.43 Å². The van der Waals surface area contributed by atoms with E-state index in [1.165, 1.54) is 11.3 Å². The summed E-state index contributed by atoms with van der Waals surface area (Å²) in [4.78, 5) is 0. The second-order valence-electron chi connectivity index (χ2n) is 2.46. The molecule has 0 aromatic heterocycles. The van der Waals surface area contributed by atoms with Crippen molar-refractivity contribution in [2.45, 2.75) is 6.17 Å². The number of hydrazine groups is 1. The average molecular weight is 118 g/mol. The summed E-state index contributed by atoms with van der Waals surface area (Å²) in [5, 5.41) is 2.16. The summed E-state index contributed by atoms with van der Waals surface area (Å²) in [5.74, 6) is 0. The Morgan fingerprint density at radius 1 is 1.33 bits per heavy atom. The molecule has 0 saturated carbocycles. The molecule has 2 aliphatic heterocycles. The second-order valence-corrected chi connectivity index (χ2v) is 2.46. The van der Waals surface area contributed by atoms with E-state index in [4.69, 9.17) is 0 Å². The highest BCUT2D eigenvalue weighted by molar-refractivity contribution is 5.70. The Kier molecular flexibility index (Phi) is 0.424. The molecule has 2 nitrogen and oxygen atoms in total. The molecule has 2 aliphatic rings. The highest BCUT2D eigenvalue weighted by Gasteiger charge is 2.47.